The molecule has 3 aliphatic rings. The lowest BCUT2D eigenvalue weighted by Gasteiger charge is -2.41. The summed E-state index contributed by atoms with van der Waals surface area (Å²) in [4.78, 5) is 40.8. The number of rotatable bonds is 4. The van der Waals surface area contributed by atoms with Gasteiger partial charge in [0.25, 0.3) is 5.91 Å². The summed E-state index contributed by atoms with van der Waals surface area (Å²) in [6, 6.07) is 1.75. The highest BCUT2D eigenvalue weighted by atomic mass is 16.3. The van der Waals surface area contributed by atoms with Crippen molar-refractivity contribution in [1.82, 2.24) is 5.32 Å². The van der Waals surface area contributed by atoms with E-state index in [1.807, 2.05) is 19.0 Å². The lowest BCUT2D eigenvalue weighted by atomic mass is 9.62. The first-order valence-corrected chi connectivity index (χ1v) is 10.8. The van der Waals surface area contributed by atoms with Crippen LogP contribution >= 0.6 is 0 Å². The second-order valence-corrected chi connectivity index (χ2v) is 8.96. The third-order valence-electron chi connectivity index (χ3n) is 6.89. The Hall–Kier alpha value is -3.37. The number of hydrogen-bond donors (Lipinski definition) is 6. The first kappa shape index (κ1) is 22.8. The van der Waals surface area contributed by atoms with Gasteiger partial charge in [-0.1, -0.05) is 0 Å². The van der Waals surface area contributed by atoms with E-state index in [0.29, 0.717) is 24.0 Å². The maximum atomic E-state index is 13.6. The number of nitrogens with one attached hydrogen (secondary N) is 1. The molecule has 0 saturated heterocycles. The third-order valence-corrected chi connectivity index (χ3v) is 6.89. The molecule has 1 amide bonds. The number of aliphatic hydroxyl groups excluding tert-OH is 2. The summed E-state index contributed by atoms with van der Waals surface area (Å²) in [5.41, 5.74) is 12.6. The van der Waals surface area contributed by atoms with Gasteiger partial charge in [0.2, 0.25) is 0 Å². The number of carbonyl (C=O) groups excluding carboxylic acids is 3. The molecule has 0 bridgehead atoms. The van der Waals surface area contributed by atoms with Crippen molar-refractivity contribution in [1.29, 1.82) is 0 Å². The lowest BCUT2D eigenvalue weighted by Crippen LogP contribution is -2.45. The number of phenolic OH excluding ortho intramolecular Hbond substituents is 1. The van der Waals surface area contributed by atoms with E-state index in [-0.39, 0.29) is 42.3 Å². The van der Waals surface area contributed by atoms with Gasteiger partial charge in [-0.05, 0) is 36.3 Å². The zero-order chi connectivity index (χ0) is 24.2. The molecule has 3 aliphatic carbocycles. The Kier molecular flexibility index (Phi) is 5.67. The molecule has 0 heterocycles. The Labute approximate surface area is 190 Å². The van der Waals surface area contributed by atoms with Crippen molar-refractivity contribution in [2.24, 2.45) is 29.2 Å². The summed E-state index contributed by atoms with van der Waals surface area (Å²) in [7, 11) is 3.65. The molecular formula is C23H28N4O6. The first-order chi connectivity index (χ1) is 15.6. The predicted molar refractivity (Wildman–Crippen MR) is 120 cm³/mol. The molecule has 8 N–H and O–H groups in total. The topological polar surface area (TPSA) is 179 Å². The summed E-state index contributed by atoms with van der Waals surface area (Å²) in [5.74, 6) is -5.05. The van der Waals surface area contributed by atoms with Crippen molar-refractivity contribution in [3.63, 3.8) is 0 Å². The number of allylic oxidation sites excluding steroid dienone is 3. The summed E-state index contributed by atoms with van der Waals surface area (Å²) in [6.07, 6.45) is 0.758. The lowest BCUT2D eigenvalue weighted by molar-refractivity contribution is -0.127. The van der Waals surface area contributed by atoms with E-state index in [0.717, 1.165) is 5.69 Å². The van der Waals surface area contributed by atoms with E-state index < -0.39 is 46.6 Å². The zero-order valence-corrected chi connectivity index (χ0v) is 18.5. The molecule has 33 heavy (non-hydrogen) atoms. The number of nitrogens with zero attached hydrogens (tertiary/aromatic N) is 1. The van der Waals surface area contributed by atoms with Gasteiger partial charge in [-0.15, -0.1) is 0 Å². The van der Waals surface area contributed by atoms with Crippen LogP contribution in [0.5, 0.6) is 5.75 Å². The number of Topliss-reactive ketones (excluding diaryl/α,β-unsaturated/α-hetero) is 2. The number of hydrogen-bond acceptors (Lipinski definition) is 9. The molecule has 3 unspecified atom stereocenters. The highest BCUT2D eigenvalue weighted by molar-refractivity contribution is 6.22. The largest absolute Gasteiger partial charge is 0.511 e. The highest BCUT2D eigenvalue weighted by Crippen LogP contribution is 2.51. The summed E-state index contributed by atoms with van der Waals surface area (Å²) >= 11 is 0. The fraction of sp³-hybridized carbons (Fsp3) is 0.435. The number of fused-ring (bicyclic) bond motifs is 3. The van der Waals surface area contributed by atoms with Crippen LogP contribution in [0.2, 0.25) is 0 Å². The van der Waals surface area contributed by atoms with E-state index in [9.17, 15) is 29.7 Å². The Morgan fingerprint density at radius 1 is 1.18 bits per heavy atom. The Morgan fingerprint density at radius 2 is 1.88 bits per heavy atom. The number of carbonyl (C=O) groups is 3. The average molecular weight is 456 g/mol. The van der Waals surface area contributed by atoms with Crippen LogP contribution in [0.15, 0.2) is 28.7 Å². The summed E-state index contributed by atoms with van der Waals surface area (Å²) in [6.45, 7) is -0.201. The zero-order valence-electron chi connectivity index (χ0n) is 18.5. The van der Waals surface area contributed by atoms with Gasteiger partial charge in [0.15, 0.2) is 11.6 Å². The highest BCUT2D eigenvalue weighted by Gasteiger charge is 2.50. The van der Waals surface area contributed by atoms with E-state index in [2.05, 4.69) is 5.32 Å². The number of benzene rings is 1. The molecular weight excluding hydrogens is 428 g/mol. The van der Waals surface area contributed by atoms with E-state index >= 15 is 0 Å². The van der Waals surface area contributed by atoms with Crippen molar-refractivity contribution >= 4 is 23.2 Å². The number of nitrogens with two attached hydrogens (primary N) is 2. The van der Waals surface area contributed by atoms with Crippen LogP contribution in [0.25, 0.3) is 0 Å². The molecule has 10 nitrogen and oxygen atoms in total. The molecule has 0 fully saturated rings. The van der Waals surface area contributed by atoms with Gasteiger partial charge in [0, 0.05) is 43.9 Å². The van der Waals surface area contributed by atoms with Crippen LogP contribution in [-0.4, -0.2) is 53.6 Å². The van der Waals surface area contributed by atoms with Crippen molar-refractivity contribution < 1.29 is 29.7 Å². The molecule has 10 heteroatoms. The molecule has 1 aromatic carbocycles. The maximum absolute atomic E-state index is 13.6. The predicted octanol–water partition coefficient (Wildman–Crippen LogP) is 0.537. The molecule has 0 aliphatic heterocycles. The third kappa shape index (κ3) is 3.37. The van der Waals surface area contributed by atoms with Crippen LogP contribution in [0.3, 0.4) is 0 Å². The fourth-order valence-corrected chi connectivity index (χ4v) is 5.46. The van der Waals surface area contributed by atoms with Gasteiger partial charge in [-0.3, -0.25) is 14.4 Å². The Balaban J connectivity index is 1.85. The Bertz CT molecular complexity index is 1140. The minimum absolute atomic E-state index is 0.0224. The molecule has 3 atom stereocenters. The van der Waals surface area contributed by atoms with E-state index in [1.54, 1.807) is 6.07 Å². The van der Waals surface area contributed by atoms with Gasteiger partial charge < -0.3 is 37.0 Å². The van der Waals surface area contributed by atoms with E-state index in [1.165, 1.54) is 0 Å². The smallest absolute Gasteiger partial charge is 0.259 e. The van der Waals surface area contributed by atoms with E-state index in [4.69, 9.17) is 11.5 Å². The second kappa shape index (κ2) is 8.20. The maximum Gasteiger partial charge on any atom is 0.259 e. The van der Waals surface area contributed by atoms with Crippen molar-refractivity contribution in [3.8, 4) is 5.75 Å². The minimum Gasteiger partial charge on any atom is -0.511 e. The number of amides is 1. The summed E-state index contributed by atoms with van der Waals surface area (Å²) < 4.78 is 0. The molecule has 0 spiro atoms. The van der Waals surface area contributed by atoms with Gasteiger partial charge in [0.1, 0.15) is 22.8 Å². The first-order valence-electron chi connectivity index (χ1n) is 10.8. The van der Waals surface area contributed by atoms with Crippen molar-refractivity contribution in [2.45, 2.75) is 25.8 Å². The van der Waals surface area contributed by atoms with Crippen LogP contribution in [-0.2, 0) is 22.6 Å². The molecule has 4 rings (SSSR count). The summed E-state index contributed by atoms with van der Waals surface area (Å²) in [5, 5.41) is 34.6. The number of aromatic hydroxyl groups is 1. The molecule has 0 saturated carbocycles. The number of aliphatic hydroxyl groups is 2. The van der Waals surface area contributed by atoms with Crippen LogP contribution < -0.4 is 21.7 Å². The van der Waals surface area contributed by atoms with Gasteiger partial charge >= 0.3 is 0 Å². The SMILES string of the molecule is CN(C)c1cc(CN)c(O)c2c1CC1CC3CC(O)=C(C(=O)NCN)C(=O)C3C(O)=C1C2=O. The van der Waals surface area contributed by atoms with Gasteiger partial charge in [-0.2, -0.15) is 0 Å². The number of phenols is 1. The second-order valence-electron chi connectivity index (χ2n) is 8.96. The monoisotopic (exact) mass is 456 g/mol. The molecule has 0 radical (unpaired) electrons. The van der Waals surface area contributed by atoms with Crippen molar-refractivity contribution in [2.75, 3.05) is 25.7 Å². The number of ketones is 2. The minimum atomic E-state index is -1.12. The average Bonchev–Trinajstić information content (AvgIpc) is 2.73. The molecule has 0 aromatic heterocycles. The van der Waals surface area contributed by atoms with Crippen molar-refractivity contribution in [3.05, 3.63) is 45.4 Å². The van der Waals surface area contributed by atoms with Crippen LogP contribution in [0.4, 0.5) is 5.69 Å². The quantitative estimate of drug-likeness (QED) is 0.278. The number of anilines is 1. The van der Waals surface area contributed by atoms with Gasteiger partial charge in [-0.25, -0.2) is 0 Å². The normalized spacial score (nSPS) is 24.3. The fourth-order valence-electron chi connectivity index (χ4n) is 5.46. The molecule has 176 valence electrons. The Morgan fingerprint density at radius 3 is 2.48 bits per heavy atom. The van der Waals surface area contributed by atoms with Crippen LogP contribution in [0, 0.1) is 17.8 Å². The molecule has 1 aromatic rings. The van der Waals surface area contributed by atoms with Gasteiger partial charge in [0.05, 0.1) is 18.2 Å². The van der Waals surface area contributed by atoms with Crippen LogP contribution in [0.1, 0.15) is 34.3 Å². The standard InChI is InChI=1S/C23H28N4O6/c1-27(2)13-5-11(7-24)19(29)17-12(13)4-9-3-10-6-14(28)18(23(33)26-8-25)22(32)16(10)20(30)15(9)21(17)31/h5,9-10,16,28-30H,3-4,6-8,24-25H2,1-2H3,(H,26,33).